The van der Waals surface area contributed by atoms with Crippen LogP contribution in [-0.4, -0.2) is 28.4 Å². The minimum Gasteiger partial charge on any atom is -0.507 e. The molecule has 5 nitrogen and oxygen atoms in total. The monoisotopic (exact) mass is 298 g/mol. The van der Waals surface area contributed by atoms with Crippen molar-refractivity contribution >= 4 is 11.6 Å². The van der Waals surface area contributed by atoms with Gasteiger partial charge in [0, 0.05) is 17.2 Å². The molecule has 0 radical (unpaired) electrons. The van der Waals surface area contributed by atoms with Crippen LogP contribution in [0.15, 0.2) is 24.3 Å². The van der Waals surface area contributed by atoms with Crippen LogP contribution < -0.4 is 4.74 Å². The summed E-state index contributed by atoms with van der Waals surface area (Å²) < 4.78 is 5.30. The zero-order valence-electron chi connectivity index (χ0n) is 12.1. The van der Waals surface area contributed by atoms with Crippen molar-refractivity contribution in [3.63, 3.8) is 0 Å². The summed E-state index contributed by atoms with van der Waals surface area (Å²) in [5.74, 6) is -1.25. The number of hydrogen-bond donors (Lipinski definition) is 2. The number of carbonyl (C=O) groups excluding carboxylic acids is 2. The zero-order valence-corrected chi connectivity index (χ0v) is 12.1. The number of aryl methyl sites for hydroxylation is 1. The van der Waals surface area contributed by atoms with Crippen LogP contribution in [0.2, 0.25) is 0 Å². The maximum absolute atomic E-state index is 12.6. The Morgan fingerprint density at radius 1 is 0.909 bits per heavy atom. The third-order valence-corrected chi connectivity index (χ3v) is 3.61. The molecule has 0 spiro atoms. The molecule has 0 fully saturated rings. The predicted molar refractivity (Wildman–Crippen MR) is 79.0 cm³/mol. The Bertz CT molecular complexity index is 820. The van der Waals surface area contributed by atoms with Gasteiger partial charge in [-0.05, 0) is 37.6 Å². The molecule has 0 aromatic heterocycles. The fourth-order valence-corrected chi connectivity index (χ4v) is 2.72. The minimum atomic E-state index is -0.567. The van der Waals surface area contributed by atoms with E-state index in [0.717, 1.165) is 0 Å². The second kappa shape index (κ2) is 4.87. The third-order valence-electron chi connectivity index (χ3n) is 3.61. The van der Waals surface area contributed by atoms with Crippen molar-refractivity contribution in [2.75, 3.05) is 6.61 Å². The molecule has 112 valence electrons. The van der Waals surface area contributed by atoms with E-state index in [0.29, 0.717) is 17.9 Å². The van der Waals surface area contributed by atoms with E-state index in [-0.39, 0.29) is 33.8 Å². The van der Waals surface area contributed by atoms with Gasteiger partial charge < -0.3 is 14.9 Å². The lowest BCUT2D eigenvalue weighted by Crippen LogP contribution is -2.21. The van der Waals surface area contributed by atoms with E-state index in [1.165, 1.54) is 18.2 Å². The van der Waals surface area contributed by atoms with Gasteiger partial charge in [0.15, 0.2) is 5.78 Å². The van der Waals surface area contributed by atoms with Gasteiger partial charge in [-0.2, -0.15) is 0 Å². The number of phenols is 2. The van der Waals surface area contributed by atoms with E-state index in [2.05, 4.69) is 0 Å². The Morgan fingerprint density at radius 2 is 1.50 bits per heavy atom. The summed E-state index contributed by atoms with van der Waals surface area (Å²) in [6, 6.07) is 5.72. The summed E-state index contributed by atoms with van der Waals surface area (Å²) in [7, 11) is 0. The van der Waals surface area contributed by atoms with Gasteiger partial charge in [0.05, 0.1) is 17.7 Å². The highest BCUT2D eigenvalue weighted by Crippen LogP contribution is 2.39. The van der Waals surface area contributed by atoms with E-state index in [1.807, 2.05) is 0 Å². The van der Waals surface area contributed by atoms with E-state index in [1.54, 1.807) is 19.9 Å². The van der Waals surface area contributed by atoms with Gasteiger partial charge in [-0.3, -0.25) is 9.59 Å². The first-order valence-electron chi connectivity index (χ1n) is 6.86. The molecular weight excluding hydrogens is 284 g/mol. The number of carbonyl (C=O) groups is 2. The number of hydrogen-bond acceptors (Lipinski definition) is 5. The molecule has 0 heterocycles. The van der Waals surface area contributed by atoms with Crippen molar-refractivity contribution in [1.29, 1.82) is 0 Å². The molecule has 0 bridgehead atoms. The molecule has 2 aromatic rings. The predicted octanol–water partition coefficient (Wildman–Crippen LogP) is 2.58. The van der Waals surface area contributed by atoms with Crippen LogP contribution in [0.5, 0.6) is 17.2 Å². The number of ether oxygens (including phenoxy) is 1. The van der Waals surface area contributed by atoms with E-state index < -0.39 is 11.6 Å². The highest BCUT2D eigenvalue weighted by molar-refractivity contribution is 6.30. The molecule has 5 heteroatoms. The Balaban J connectivity index is 2.29. The van der Waals surface area contributed by atoms with Crippen molar-refractivity contribution in [3.8, 4) is 17.2 Å². The topological polar surface area (TPSA) is 83.8 Å². The average molecular weight is 298 g/mol. The molecule has 0 unspecified atom stereocenters. The smallest absolute Gasteiger partial charge is 0.201 e. The van der Waals surface area contributed by atoms with Gasteiger partial charge in [-0.15, -0.1) is 0 Å². The fraction of sp³-hybridized carbons (Fsp3) is 0.176. The normalized spacial score (nSPS) is 12.8. The molecule has 1 aliphatic rings. The molecule has 0 atom stereocenters. The maximum atomic E-state index is 12.6. The lowest BCUT2D eigenvalue weighted by molar-refractivity contribution is 0.0973. The maximum Gasteiger partial charge on any atom is 0.201 e. The largest absolute Gasteiger partial charge is 0.507 e. The lowest BCUT2D eigenvalue weighted by atomic mass is 9.82. The molecule has 2 aromatic carbocycles. The molecule has 2 N–H and O–H groups in total. The van der Waals surface area contributed by atoms with Crippen LogP contribution >= 0.6 is 0 Å². The summed E-state index contributed by atoms with van der Waals surface area (Å²) >= 11 is 0. The Kier molecular flexibility index (Phi) is 3.13. The highest BCUT2D eigenvalue weighted by atomic mass is 16.5. The molecule has 1 aliphatic carbocycles. The van der Waals surface area contributed by atoms with Crippen molar-refractivity contribution in [3.05, 3.63) is 52.1 Å². The first-order chi connectivity index (χ1) is 10.4. The Morgan fingerprint density at radius 3 is 2.14 bits per heavy atom. The average Bonchev–Trinajstić information content (AvgIpc) is 2.43. The SMILES string of the molecule is CCOc1cc(O)c2c(c1)C(=O)c1cc(C)cc(O)c1C2=O. The van der Waals surface area contributed by atoms with Crippen LogP contribution in [0.1, 0.15) is 44.3 Å². The number of aromatic hydroxyl groups is 2. The van der Waals surface area contributed by atoms with Crippen LogP contribution in [0.3, 0.4) is 0 Å². The summed E-state index contributed by atoms with van der Waals surface area (Å²) in [6.45, 7) is 3.87. The molecule has 0 saturated carbocycles. The van der Waals surface area contributed by atoms with Crippen LogP contribution in [-0.2, 0) is 0 Å². The molecular formula is C17H14O5. The van der Waals surface area contributed by atoms with Gasteiger partial charge in [0.25, 0.3) is 0 Å². The first-order valence-corrected chi connectivity index (χ1v) is 6.86. The van der Waals surface area contributed by atoms with Gasteiger partial charge in [0.2, 0.25) is 5.78 Å². The summed E-state index contributed by atoms with van der Waals surface area (Å²) in [5, 5.41) is 20.1. The molecule has 0 aliphatic heterocycles. The van der Waals surface area contributed by atoms with Gasteiger partial charge in [-0.25, -0.2) is 0 Å². The number of rotatable bonds is 2. The number of fused-ring (bicyclic) bond motifs is 2. The second-order valence-electron chi connectivity index (χ2n) is 5.16. The van der Waals surface area contributed by atoms with Crippen molar-refractivity contribution in [2.45, 2.75) is 13.8 Å². The van der Waals surface area contributed by atoms with Gasteiger partial charge >= 0.3 is 0 Å². The standard InChI is InChI=1S/C17H14O5/c1-3-22-9-6-11-15(13(19)7-9)17(21)14-10(16(11)20)4-8(2)5-12(14)18/h4-7,18-19H,3H2,1-2H3. The van der Waals surface area contributed by atoms with E-state index >= 15 is 0 Å². The molecule has 0 amide bonds. The quantitative estimate of drug-likeness (QED) is 0.759. The minimum absolute atomic E-state index is 0.0671. The van der Waals surface area contributed by atoms with Crippen LogP contribution in [0, 0.1) is 6.92 Å². The third kappa shape index (κ3) is 1.94. The van der Waals surface area contributed by atoms with Gasteiger partial charge in [0.1, 0.15) is 17.2 Å². The van der Waals surface area contributed by atoms with Gasteiger partial charge in [-0.1, -0.05) is 0 Å². The zero-order chi connectivity index (χ0) is 16.0. The summed E-state index contributed by atoms with van der Waals surface area (Å²) in [4.78, 5) is 25.2. The fourth-order valence-electron chi connectivity index (χ4n) is 2.72. The van der Waals surface area contributed by atoms with Crippen molar-refractivity contribution < 1.29 is 24.5 Å². The highest BCUT2D eigenvalue weighted by Gasteiger charge is 2.35. The summed E-state index contributed by atoms with van der Waals surface area (Å²) in [5.41, 5.74) is 0.739. The van der Waals surface area contributed by atoms with E-state index in [4.69, 9.17) is 4.74 Å². The molecule has 0 saturated heterocycles. The molecule has 3 rings (SSSR count). The Hall–Kier alpha value is -2.82. The first kappa shape index (κ1) is 14.1. The van der Waals surface area contributed by atoms with Crippen LogP contribution in [0.25, 0.3) is 0 Å². The lowest BCUT2D eigenvalue weighted by Gasteiger charge is -2.20. The van der Waals surface area contributed by atoms with Crippen molar-refractivity contribution in [1.82, 2.24) is 0 Å². The van der Waals surface area contributed by atoms with E-state index in [9.17, 15) is 19.8 Å². The summed E-state index contributed by atoms with van der Waals surface area (Å²) in [6.07, 6.45) is 0. The number of ketones is 2. The Labute approximate surface area is 126 Å². The number of phenolic OH excluding ortho intramolecular Hbond substituents is 2. The van der Waals surface area contributed by atoms with Crippen LogP contribution in [0.4, 0.5) is 0 Å². The second-order valence-corrected chi connectivity index (χ2v) is 5.16. The number of benzene rings is 2. The van der Waals surface area contributed by atoms with Crippen molar-refractivity contribution in [2.24, 2.45) is 0 Å². The molecule has 22 heavy (non-hydrogen) atoms.